The highest BCUT2D eigenvalue weighted by atomic mass is 35.5. The molecule has 174 valence electrons. The highest BCUT2D eigenvalue weighted by Crippen LogP contribution is 2.55. The Hall–Kier alpha value is -2.96. The number of aromatic nitrogens is 2. The highest BCUT2D eigenvalue weighted by Gasteiger charge is 2.51. The van der Waals surface area contributed by atoms with E-state index >= 15 is 0 Å². The quantitative estimate of drug-likeness (QED) is 0.293. The van der Waals surface area contributed by atoms with Crippen molar-refractivity contribution in [3.8, 4) is 17.3 Å². The van der Waals surface area contributed by atoms with Crippen LogP contribution in [0.3, 0.4) is 0 Å². The molecular weight excluding hydrogens is 475 g/mol. The van der Waals surface area contributed by atoms with E-state index < -0.39 is 5.60 Å². The maximum atomic E-state index is 12.4. The first kappa shape index (κ1) is 21.6. The van der Waals surface area contributed by atoms with Crippen molar-refractivity contribution in [2.45, 2.75) is 39.2 Å². The Bertz CT molecular complexity index is 1550. The summed E-state index contributed by atoms with van der Waals surface area (Å²) in [7, 11) is 0. The summed E-state index contributed by atoms with van der Waals surface area (Å²) in [6, 6.07) is 10.7. The summed E-state index contributed by atoms with van der Waals surface area (Å²) in [5.74, 6) is 1.13. The normalized spacial score (nSPS) is 20.2. The summed E-state index contributed by atoms with van der Waals surface area (Å²) in [5, 5.41) is 6.77. The molecule has 0 saturated heterocycles. The van der Waals surface area contributed by atoms with Crippen LogP contribution in [0.5, 0.6) is 11.6 Å². The third-order valence-corrected chi connectivity index (χ3v) is 7.57. The lowest BCUT2D eigenvalue weighted by molar-refractivity contribution is -0.0184. The lowest BCUT2D eigenvalue weighted by Gasteiger charge is -2.46. The first-order valence-electron chi connectivity index (χ1n) is 11.1. The minimum Gasteiger partial charge on any atom is -0.493 e. The molecule has 6 rings (SSSR count). The number of rotatable bonds is 1. The monoisotopic (exact) mass is 496 g/mol. The minimum atomic E-state index is -0.600. The van der Waals surface area contributed by atoms with Gasteiger partial charge in [-0.2, -0.15) is 9.78 Å². The van der Waals surface area contributed by atoms with Crippen molar-refractivity contribution in [1.82, 2.24) is 9.78 Å². The van der Waals surface area contributed by atoms with E-state index in [2.05, 4.69) is 0 Å². The van der Waals surface area contributed by atoms with E-state index in [0.29, 0.717) is 39.6 Å². The number of aryl methyl sites for hydroxylation is 2. The third kappa shape index (κ3) is 3.01. The Labute approximate surface area is 206 Å². The van der Waals surface area contributed by atoms with Gasteiger partial charge in [0, 0.05) is 39.4 Å². The number of hydrogen-bond donors (Lipinski definition) is 0. The minimum absolute atomic E-state index is 0.0323. The van der Waals surface area contributed by atoms with Crippen molar-refractivity contribution in [2.75, 3.05) is 6.61 Å². The lowest BCUT2D eigenvalue weighted by Crippen LogP contribution is -2.49. The number of nitrogens with zero attached hydrogens (tertiary/aromatic N) is 2. The van der Waals surface area contributed by atoms with Gasteiger partial charge in [0.25, 0.3) is 0 Å². The summed E-state index contributed by atoms with van der Waals surface area (Å²) in [6.07, 6.45) is 0. The summed E-state index contributed by atoms with van der Waals surface area (Å²) in [6.45, 7) is 8.42. The van der Waals surface area contributed by atoms with Crippen molar-refractivity contribution in [3.63, 3.8) is 0 Å². The maximum absolute atomic E-state index is 12.4. The molecule has 8 heteroatoms. The molecule has 4 aromatic rings. The number of fused-ring (bicyclic) bond motifs is 7. The number of benzene rings is 2. The zero-order valence-electron chi connectivity index (χ0n) is 19.1. The number of ether oxygens (including phenoxy) is 2. The molecule has 0 amide bonds. The van der Waals surface area contributed by atoms with Gasteiger partial charge >= 0.3 is 5.63 Å². The Morgan fingerprint density at radius 3 is 2.68 bits per heavy atom. The average molecular weight is 497 g/mol. The van der Waals surface area contributed by atoms with E-state index in [4.69, 9.17) is 42.2 Å². The van der Waals surface area contributed by atoms with Crippen molar-refractivity contribution >= 4 is 34.2 Å². The largest absolute Gasteiger partial charge is 0.493 e. The fourth-order valence-corrected chi connectivity index (χ4v) is 5.71. The molecule has 0 bridgehead atoms. The lowest BCUT2D eigenvalue weighted by atomic mass is 9.70. The van der Waals surface area contributed by atoms with Crippen LogP contribution in [0.25, 0.3) is 16.7 Å². The Kier molecular flexibility index (Phi) is 4.61. The Morgan fingerprint density at radius 2 is 1.88 bits per heavy atom. The van der Waals surface area contributed by atoms with E-state index in [0.717, 1.165) is 27.8 Å². The molecule has 0 saturated carbocycles. The topological polar surface area (TPSA) is 66.5 Å². The van der Waals surface area contributed by atoms with Gasteiger partial charge in [-0.25, -0.2) is 4.79 Å². The molecule has 2 aromatic heterocycles. The smallest absolute Gasteiger partial charge is 0.336 e. The highest BCUT2D eigenvalue weighted by molar-refractivity contribution is 6.34. The van der Waals surface area contributed by atoms with Crippen LogP contribution in [0.15, 0.2) is 45.6 Å². The van der Waals surface area contributed by atoms with Gasteiger partial charge in [-0.05, 0) is 63.6 Å². The van der Waals surface area contributed by atoms with Gasteiger partial charge in [-0.3, -0.25) is 0 Å². The van der Waals surface area contributed by atoms with Gasteiger partial charge in [0.2, 0.25) is 5.88 Å². The summed E-state index contributed by atoms with van der Waals surface area (Å²) < 4.78 is 20.3. The van der Waals surface area contributed by atoms with Gasteiger partial charge in [0.1, 0.15) is 16.9 Å². The maximum Gasteiger partial charge on any atom is 0.336 e. The standard InChI is InChI=1S/C26H22Cl2N2O4/c1-12-9-20(31)33-24-15(12)6-8-19-23(24)22-16(11-32-19)26(3,4)34-25-21(22)13(2)29-30(25)18-10-14(27)5-7-17(18)28/h5-10,16,22H,11H2,1-4H3. The summed E-state index contributed by atoms with van der Waals surface area (Å²) in [4.78, 5) is 12.4. The summed E-state index contributed by atoms with van der Waals surface area (Å²) >= 11 is 12.8. The van der Waals surface area contributed by atoms with Gasteiger partial charge in [-0.15, -0.1) is 0 Å². The van der Waals surface area contributed by atoms with Crippen molar-refractivity contribution in [2.24, 2.45) is 5.92 Å². The van der Waals surface area contributed by atoms with E-state index in [1.807, 2.05) is 39.8 Å². The predicted molar refractivity (Wildman–Crippen MR) is 131 cm³/mol. The van der Waals surface area contributed by atoms with Crippen LogP contribution < -0.4 is 15.1 Å². The second-order valence-corrected chi connectivity index (χ2v) is 10.4. The first-order chi connectivity index (χ1) is 16.2. The molecule has 2 aliphatic rings. The Morgan fingerprint density at radius 1 is 1.09 bits per heavy atom. The molecular formula is C26H22Cl2N2O4. The fourth-order valence-electron chi connectivity index (χ4n) is 5.34. The molecule has 0 aliphatic carbocycles. The Balaban J connectivity index is 1.69. The van der Waals surface area contributed by atoms with E-state index in [-0.39, 0.29) is 17.5 Å². The van der Waals surface area contributed by atoms with Crippen LogP contribution in [0, 0.1) is 19.8 Å². The van der Waals surface area contributed by atoms with Gasteiger partial charge in [-0.1, -0.05) is 23.2 Å². The fraction of sp³-hybridized carbons (Fsp3) is 0.308. The van der Waals surface area contributed by atoms with E-state index in [9.17, 15) is 4.79 Å². The predicted octanol–water partition coefficient (Wildman–Crippen LogP) is 6.21. The van der Waals surface area contributed by atoms with Crippen molar-refractivity contribution < 1.29 is 13.9 Å². The van der Waals surface area contributed by atoms with Gasteiger partial charge in [0.15, 0.2) is 0 Å². The van der Waals surface area contributed by atoms with Gasteiger partial charge < -0.3 is 13.9 Å². The molecule has 6 nitrogen and oxygen atoms in total. The van der Waals surface area contributed by atoms with Crippen LogP contribution >= 0.6 is 23.2 Å². The average Bonchev–Trinajstić information content (AvgIpc) is 3.09. The number of halogens is 2. The zero-order chi connectivity index (χ0) is 23.9. The molecule has 2 aliphatic heterocycles. The number of hydrogen-bond acceptors (Lipinski definition) is 5. The van der Waals surface area contributed by atoms with Crippen LogP contribution in [-0.2, 0) is 0 Å². The second-order valence-electron chi connectivity index (χ2n) is 9.51. The van der Waals surface area contributed by atoms with Crippen LogP contribution in [-0.4, -0.2) is 22.0 Å². The molecule has 0 radical (unpaired) electrons. The molecule has 2 aromatic carbocycles. The summed E-state index contributed by atoms with van der Waals surface area (Å²) in [5.41, 5.74) is 3.65. The van der Waals surface area contributed by atoms with Crippen LogP contribution in [0.2, 0.25) is 10.0 Å². The van der Waals surface area contributed by atoms with E-state index in [1.54, 1.807) is 22.9 Å². The SMILES string of the molecule is Cc1nn(-c2cc(Cl)ccc2Cl)c2c1C1c3c(ccc4c(C)cc(=O)oc34)OCC1C(C)(C)O2. The molecule has 4 heterocycles. The molecule has 0 N–H and O–H groups in total. The van der Waals surface area contributed by atoms with E-state index in [1.165, 1.54) is 6.07 Å². The van der Waals surface area contributed by atoms with Crippen LogP contribution in [0.4, 0.5) is 0 Å². The zero-order valence-corrected chi connectivity index (χ0v) is 20.6. The molecule has 0 fully saturated rings. The van der Waals surface area contributed by atoms with Crippen molar-refractivity contribution in [3.05, 3.63) is 79.2 Å². The molecule has 2 atom stereocenters. The van der Waals surface area contributed by atoms with Crippen LogP contribution in [0.1, 0.15) is 42.1 Å². The van der Waals surface area contributed by atoms with Crippen molar-refractivity contribution in [1.29, 1.82) is 0 Å². The first-order valence-corrected chi connectivity index (χ1v) is 11.9. The molecule has 0 spiro atoms. The second kappa shape index (κ2) is 7.27. The molecule has 34 heavy (non-hydrogen) atoms. The third-order valence-electron chi connectivity index (χ3n) is 7.01. The van der Waals surface area contributed by atoms with Gasteiger partial charge in [0.05, 0.1) is 23.0 Å². The molecule has 2 unspecified atom stereocenters.